The maximum absolute atomic E-state index is 9.36. The molecule has 0 aromatic heterocycles. The molecule has 4 heteroatoms. The van der Waals surface area contributed by atoms with Crippen molar-refractivity contribution in [2.75, 3.05) is 26.4 Å². The van der Waals surface area contributed by atoms with Gasteiger partial charge in [0.2, 0.25) is 0 Å². The molecule has 0 amide bonds. The molecule has 0 saturated carbocycles. The molecule has 17 heavy (non-hydrogen) atoms. The van der Waals surface area contributed by atoms with Crippen molar-refractivity contribution >= 4 is 0 Å². The summed E-state index contributed by atoms with van der Waals surface area (Å²) < 4.78 is 5.16. The average molecular weight is 239 g/mol. The van der Waals surface area contributed by atoms with E-state index in [-0.39, 0.29) is 12.6 Å². The number of phenolic OH excluding ortho intramolecular Hbond substituents is 1. The van der Waals surface area contributed by atoms with Crippen LogP contribution in [0.25, 0.3) is 0 Å². The number of hydrogen-bond donors (Lipinski definition) is 3. The van der Waals surface area contributed by atoms with Gasteiger partial charge in [-0.1, -0.05) is 12.1 Å². The van der Waals surface area contributed by atoms with Crippen LogP contribution in [-0.4, -0.2) is 36.6 Å². The van der Waals surface area contributed by atoms with Crippen molar-refractivity contribution in [3.05, 3.63) is 29.8 Å². The van der Waals surface area contributed by atoms with Gasteiger partial charge in [0.25, 0.3) is 0 Å². The van der Waals surface area contributed by atoms with Crippen LogP contribution in [0.4, 0.5) is 0 Å². The molecule has 0 aliphatic carbocycles. The van der Waals surface area contributed by atoms with E-state index in [1.807, 2.05) is 12.1 Å². The van der Waals surface area contributed by atoms with E-state index in [0.29, 0.717) is 19.0 Å². The zero-order valence-electron chi connectivity index (χ0n) is 10.2. The molecule has 96 valence electrons. The Bertz CT molecular complexity index is 317. The van der Waals surface area contributed by atoms with E-state index in [9.17, 15) is 5.11 Å². The van der Waals surface area contributed by atoms with Gasteiger partial charge in [0.1, 0.15) is 5.75 Å². The Hall–Kier alpha value is -1.10. The normalized spacial score (nSPS) is 12.6. The van der Waals surface area contributed by atoms with E-state index in [2.05, 4.69) is 12.2 Å². The van der Waals surface area contributed by atoms with Gasteiger partial charge in [0.05, 0.1) is 13.2 Å². The topological polar surface area (TPSA) is 61.7 Å². The van der Waals surface area contributed by atoms with Gasteiger partial charge in [0, 0.05) is 12.6 Å². The second kappa shape index (κ2) is 8.06. The molecule has 1 aromatic carbocycles. The Morgan fingerprint density at radius 2 is 2.18 bits per heavy atom. The second-order valence-corrected chi connectivity index (χ2v) is 3.96. The first kappa shape index (κ1) is 14.0. The lowest BCUT2D eigenvalue weighted by Gasteiger charge is -2.14. The Labute approximate surface area is 102 Å². The first-order chi connectivity index (χ1) is 8.24. The van der Waals surface area contributed by atoms with Gasteiger partial charge in [-0.3, -0.25) is 0 Å². The Kier molecular flexibility index (Phi) is 6.62. The highest BCUT2D eigenvalue weighted by atomic mass is 16.5. The number of nitrogens with one attached hydrogen (secondary N) is 1. The lowest BCUT2D eigenvalue weighted by molar-refractivity contribution is 0.0904. The molecule has 0 aliphatic rings. The molecule has 1 aromatic rings. The van der Waals surface area contributed by atoms with Crippen LogP contribution in [0.2, 0.25) is 0 Å². The minimum Gasteiger partial charge on any atom is -0.508 e. The average Bonchev–Trinajstić information content (AvgIpc) is 2.33. The molecule has 1 rings (SSSR count). The first-order valence-corrected chi connectivity index (χ1v) is 5.95. The monoisotopic (exact) mass is 239 g/mol. The Morgan fingerprint density at radius 1 is 1.35 bits per heavy atom. The summed E-state index contributed by atoms with van der Waals surface area (Å²) in [5.74, 6) is 0.294. The molecule has 0 fully saturated rings. The maximum Gasteiger partial charge on any atom is 0.115 e. The van der Waals surface area contributed by atoms with Crippen LogP contribution >= 0.6 is 0 Å². The second-order valence-electron chi connectivity index (χ2n) is 3.96. The quantitative estimate of drug-likeness (QED) is 0.601. The van der Waals surface area contributed by atoms with Crippen LogP contribution in [0, 0.1) is 0 Å². The zero-order valence-corrected chi connectivity index (χ0v) is 10.2. The van der Waals surface area contributed by atoms with E-state index < -0.39 is 0 Å². The predicted octanol–water partition coefficient (Wildman–Crippen LogP) is 1.44. The number of phenols is 1. The number of aliphatic hydroxyl groups is 1. The number of aromatic hydroxyl groups is 1. The summed E-state index contributed by atoms with van der Waals surface area (Å²) in [6.07, 6.45) is 0.906. The summed E-state index contributed by atoms with van der Waals surface area (Å²) in [6.45, 7) is 4.04. The smallest absolute Gasteiger partial charge is 0.115 e. The fourth-order valence-corrected chi connectivity index (χ4v) is 1.57. The Balaban J connectivity index is 2.19. The minimum absolute atomic E-state index is 0.0765. The summed E-state index contributed by atoms with van der Waals surface area (Å²) in [5, 5.41) is 21.2. The fourth-order valence-electron chi connectivity index (χ4n) is 1.57. The van der Waals surface area contributed by atoms with Gasteiger partial charge in [-0.15, -0.1) is 0 Å². The molecule has 0 spiro atoms. The number of hydrogen-bond acceptors (Lipinski definition) is 4. The molecule has 3 N–H and O–H groups in total. The van der Waals surface area contributed by atoms with Gasteiger partial charge >= 0.3 is 0 Å². The summed E-state index contributed by atoms with van der Waals surface area (Å²) in [6, 6.07) is 7.46. The van der Waals surface area contributed by atoms with Crippen molar-refractivity contribution in [3.63, 3.8) is 0 Å². The molecular weight excluding hydrogens is 218 g/mol. The Morgan fingerprint density at radius 3 is 2.88 bits per heavy atom. The molecule has 0 heterocycles. The molecular formula is C13H21NO3. The van der Waals surface area contributed by atoms with Gasteiger partial charge in [-0.05, 0) is 37.6 Å². The molecule has 0 aliphatic heterocycles. The third-order valence-corrected chi connectivity index (χ3v) is 2.52. The predicted molar refractivity (Wildman–Crippen MR) is 67.0 cm³/mol. The van der Waals surface area contributed by atoms with Crippen LogP contribution in [0.3, 0.4) is 0 Å². The maximum atomic E-state index is 9.36. The summed E-state index contributed by atoms with van der Waals surface area (Å²) in [7, 11) is 0. The molecule has 0 bridgehead atoms. The van der Waals surface area contributed by atoms with Crippen molar-refractivity contribution in [2.45, 2.75) is 19.4 Å². The lowest BCUT2D eigenvalue weighted by atomic mass is 10.1. The van der Waals surface area contributed by atoms with Gasteiger partial charge in [-0.2, -0.15) is 0 Å². The highest BCUT2D eigenvalue weighted by Gasteiger charge is 2.04. The van der Waals surface area contributed by atoms with Crippen molar-refractivity contribution in [1.82, 2.24) is 5.32 Å². The highest BCUT2D eigenvalue weighted by Crippen LogP contribution is 2.17. The van der Waals surface area contributed by atoms with Gasteiger partial charge in [-0.25, -0.2) is 0 Å². The third-order valence-electron chi connectivity index (χ3n) is 2.52. The number of ether oxygens (including phenoxy) is 1. The minimum atomic E-state index is 0.0765. The van der Waals surface area contributed by atoms with Gasteiger partial charge < -0.3 is 20.3 Å². The highest BCUT2D eigenvalue weighted by molar-refractivity contribution is 5.28. The molecule has 0 saturated heterocycles. The third kappa shape index (κ3) is 5.68. The summed E-state index contributed by atoms with van der Waals surface area (Å²) in [4.78, 5) is 0. The van der Waals surface area contributed by atoms with E-state index >= 15 is 0 Å². The van der Waals surface area contributed by atoms with Crippen molar-refractivity contribution in [1.29, 1.82) is 0 Å². The fraction of sp³-hybridized carbons (Fsp3) is 0.538. The molecule has 0 radical (unpaired) electrons. The standard InChI is InChI=1S/C13H21NO3/c1-11(12-4-2-5-13(16)10-12)14-6-3-8-17-9-7-15/h2,4-5,10-11,14-16H,3,6-9H2,1H3. The van der Waals surface area contributed by atoms with Crippen LogP contribution in [0.1, 0.15) is 24.9 Å². The summed E-state index contributed by atoms with van der Waals surface area (Å²) >= 11 is 0. The van der Waals surface area contributed by atoms with Crippen molar-refractivity contribution < 1.29 is 14.9 Å². The van der Waals surface area contributed by atoms with E-state index in [0.717, 1.165) is 18.5 Å². The number of rotatable bonds is 8. The van der Waals surface area contributed by atoms with Crippen LogP contribution in [0.15, 0.2) is 24.3 Å². The molecule has 4 nitrogen and oxygen atoms in total. The lowest BCUT2D eigenvalue weighted by Crippen LogP contribution is -2.21. The van der Waals surface area contributed by atoms with Crippen molar-refractivity contribution in [2.24, 2.45) is 0 Å². The van der Waals surface area contributed by atoms with E-state index in [1.54, 1.807) is 12.1 Å². The largest absolute Gasteiger partial charge is 0.508 e. The van der Waals surface area contributed by atoms with Crippen LogP contribution in [-0.2, 0) is 4.74 Å². The van der Waals surface area contributed by atoms with Crippen LogP contribution < -0.4 is 5.32 Å². The van der Waals surface area contributed by atoms with Crippen LogP contribution in [0.5, 0.6) is 5.75 Å². The summed E-state index contributed by atoms with van der Waals surface area (Å²) in [5.41, 5.74) is 1.07. The van der Waals surface area contributed by atoms with Crippen molar-refractivity contribution in [3.8, 4) is 5.75 Å². The number of aliphatic hydroxyl groups excluding tert-OH is 1. The SMILES string of the molecule is CC(NCCCOCCO)c1cccc(O)c1. The van der Waals surface area contributed by atoms with E-state index in [1.165, 1.54) is 0 Å². The number of benzene rings is 1. The van der Waals surface area contributed by atoms with E-state index in [4.69, 9.17) is 9.84 Å². The van der Waals surface area contributed by atoms with Gasteiger partial charge in [0.15, 0.2) is 0 Å². The molecule has 1 unspecified atom stereocenters. The zero-order chi connectivity index (χ0) is 12.5. The first-order valence-electron chi connectivity index (χ1n) is 5.95. The molecule has 1 atom stereocenters.